The number of pyridine rings is 1. The van der Waals surface area contributed by atoms with Gasteiger partial charge in [-0.1, -0.05) is 0 Å². The van der Waals surface area contributed by atoms with Crippen LogP contribution in [0.4, 0.5) is 10.5 Å². The van der Waals surface area contributed by atoms with Gasteiger partial charge in [-0.05, 0) is 52.2 Å². The Balaban J connectivity index is 2.57. The molecule has 1 heterocycles. The van der Waals surface area contributed by atoms with Crippen molar-refractivity contribution in [2.75, 3.05) is 12.8 Å². The van der Waals surface area contributed by atoms with Gasteiger partial charge in [0, 0.05) is 6.20 Å². The lowest BCUT2D eigenvalue weighted by Gasteiger charge is -2.22. The van der Waals surface area contributed by atoms with Crippen LogP contribution in [0.15, 0.2) is 18.3 Å². The SMILES string of the molecule is COC(=O)[C@H](CCCc1ncccc1N)NC(=O)OC(C)(C)C. The number of rotatable bonds is 6. The second kappa shape index (κ2) is 8.36. The smallest absolute Gasteiger partial charge is 0.408 e. The molecule has 1 rings (SSSR count). The summed E-state index contributed by atoms with van der Waals surface area (Å²) in [6.45, 7) is 5.26. The summed E-state index contributed by atoms with van der Waals surface area (Å²) in [5.41, 5.74) is 6.58. The molecule has 7 heteroatoms. The number of carbonyl (C=O) groups is 2. The van der Waals surface area contributed by atoms with E-state index in [9.17, 15) is 9.59 Å². The zero-order valence-corrected chi connectivity index (χ0v) is 14.1. The van der Waals surface area contributed by atoms with E-state index in [0.717, 1.165) is 5.69 Å². The fourth-order valence-corrected chi connectivity index (χ4v) is 1.97. The van der Waals surface area contributed by atoms with E-state index in [-0.39, 0.29) is 0 Å². The molecule has 23 heavy (non-hydrogen) atoms. The number of ether oxygens (including phenoxy) is 2. The molecule has 3 N–H and O–H groups in total. The molecule has 1 atom stereocenters. The molecule has 1 aromatic rings. The molecular weight excluding hydrogens is 298 g/mol. The van der Waals surface area contributed by atoms with Crippen molar-refractivity contribution >= 4 is 17.7 Å². The number of aromatic nitrogens is 1. The number of esters is 1. The van der Waals surface area contributed by atoms with Crippen molar-refractivity contribution in [2.45, 2.75) is 51.7 Å². The summed E-state index contributed by atoms with van der Waals surface area (Å²) in [6.07, 6.45) is 2.65. The van der Waals surface area contributed by atoms with Crippen molar-refractivity contribution in [3.63, 3.8) is 0 Å². The maximum Gasteiger partial charge on any atom is 0.408 e. The van der Waals surface area contributed by atoms with Crippen LogP contribution in [0.2, 0.25) is 0 Å². The van der Waals surface area contributed by atoms with Gasteiger partial charge in [0.2, 0.25) is 0 Å². The van der Waals surface area contributed by atoms with E-state index in [4.69, 9.17) is 15.2 Å². The molecule has 0 aromatic carbocycles. The normalized spacial score (nSPS) is 12.3. The zero-order chi connectivity index (χ0) is 17.5. The first kappa shape index (κ1) is 18.7. The summed E-state index contributed by atoms with van der Waals surface area (Å²) in [5.74, 6) is -0.509. The number of hydrogen-bond donors (Lipinski definition) is 2. The number of methoxy groups -OCH3 is 1. The van der Waals surface area contributed by atoms with Gasteiger partial charge in [0.05, 0.1) is 18.5 Å². The number of nitrogen functional groups attached to an aromatic ring is 1. The van der Waals surface area contributed by atoms with E-state index in [0.29, 0.717) is 24.9 Å². The van der Waals surface area contributed by atoms with Crippen LogP contribution in [0, 0.1) is 0 Å². The third-order valence-corrected chi connectivity index (χ3v) is 3.01. The number of nitrogens with two attached hydrogens (primary N) is 1. The number of nitrogens with one attached hydrogen (secondary N) is 1. The average molecular weight is 323 g/mol. The number of hydrogen-bond acceptors (Lipinski definition) is 6. The van der Waals surface area contributed by atoms with Gasteiger partial charge >= 0.3 is 12.1 Å². The number of anilines is 1. The van der Waals surface area contributed by atoms with Crippen LogP contribution in [-0.2, 0) is 20.7 Å². The Kier molecular flexibility index (Phi) is 6.81. The van der Waals surface area contributed by atoms with Gasteiger partial charge in [0.15, 0.2) is 0 Å². The first-order valence-corrected chi connectivity index (χ1v) is 7.49. The first-order chi connectivity index (χ1) is 10.7. The Morgan fingerprint density at radius 1 is 1.39 bits per heavy atom. The maximum absolute atomic E-state index is 11.8. The molecule has 0 aliphatic carbocycles. The topological polar surface area (TPSA) is 104 Å². The van der Waals surface area contributed by atoms with Crippen molar-refractivity contribution in [2.24, 2.45) is 0 Å². The van der Waals surface area contributed by atoms with E-state index in [1.807, 2.05) is 0 Å². The zero-order valence-electron chi connectivity index (χ0n) is 14.1. The summed E-state index contributed by atoms with van der Waals surface area (Å²) < 4.78 is 9.88. The standard InChI is InChI=1S/C16H25N3O4/c1-16(2,3)23-15(21)19-13(14(20)22-4)9-5-8-12-11(17)7-6-10-18-12/h6-7,10,13H,5,8-9,17H2,1-4H3,(H,19,21)/t13-/m0/s1. The molecule has 0 unspecified atom stereocenters. The van der Waals surface area contributed by atoms with E-state index in [2.05, 4.69) is 10.3 Å². The van der Waals surface area contributed by atoms with Crippen molar-refractivity contribution in [1.29, 1.82) is 0 Å². The molecule has 0 bridgehead atoms. The summed E-state index contributed by atoms with van der Waals surface area (Å²) in [4.78, 5) is 27.8. The predicted molar refractivity (Wildman–Crippen MR) is 86.8 cm³/mol. The fourth-order valence-electron chi connectivity index (χ4n) is 1.97. The Labute approximate surface area is 136 Å². The molecule has 7 nitrogen and oxygen atoms in total. The number of alkyl carbamates (subject to hydrolysis) is 1. The number of nitrogens with zero attached hydrogens (tertiary/aromatic N) is 1. The fraction of sp³-hybridized carbons (Fsp3) is 0.562. The molecular formula is C16H25N3O4. The highest BCUT2D eigenvalue weighted by Crippen LogP contribution is 2.13. The average Bonchev–Trinajstić information content (AvgIpc) is 2.45. The summed E-state index contributed by atoms with van der Waals surface area (Å²) in [5, 5.41) is 2.54. The van der Waals surface area contributed by atoms with Crippen LogP contribution in [0.3, 0.4) is 0 Å². The molecule has 0 aliphatic heterocycles. The summed E-state index contributed by atoms with van der Waals surface area (Å²) in [7, 11) is 1.28. The molecule has 1 aromatic heterocycles. The summed E-state index contributed by atoms with van der Waals surface area (Å²) in [6, 6.07) is 2.78. The molecule has 0 radical (unpaired) electrons. The minimum Gasteiger partial charge on any atom is -0.467 e. The molecule has 0 spiro atoms. The Bertz CT molecular complexity index is 540. The number of carbonyl (C=O) groups excluding carboxylic acids is 2. The van der Waals surface area contributed by atoms with Crippen LogP contribution in [0.5, 0.6) is 0 Å². The second-order valence-corrected chi connectivity index (χ2v) is 6.15. The van der Waals surface area contributed by atoms with Crippen LogP contribution in [0.1, 0.15) is 39.3 Å². The lowest BCUT2D eigenvalue weighted by molar-refractivity contribution is -0.143. The lowest BCUT2D eigenvalue weighted by atomic mass is 10.1. The van der Waals surface area contributed by atoms with E-state index in [1.54, 1.807) is 39.1 Å². The van der Waals surface area contributed by atoms with Gasteiger partial charge in [-0.2, -0.15) is 0 Å². The molecule has 1 amide bonds. The highest BCUT2D eigenvalue weighted by atomic mass is 16.6. The van der Waals surface area contributed by atoms with Crippen LogP contribution in [-0.4, -0.2) is 35.8 Å². The third kappa shape index (κ3) is 6.99. The van der Waals surface area contributed by atoms with E-state index >= 15 is 0 Å². The van der Waals surface area contributed by atoms with Crippen molar-refractivity contribution in [3.05, 3.63) is 24.0 Å². The lowest BCUT2D eigenvalue weighted by Crippen LogP contribution is -2.44. The molecule has 0 saturated heterocycles. The van der Waals surface area contributed by atoms with Crippen molar-refractivity contribution in [3.8, 4) is 0 Å². The van der Waals surface area contributed by atoms with Gasteiger partial charge in [-0.25, -0.2) is 9.59 Å². The van der Waals surface area contributed by atoms with Crippen molar-refractivity contribution in [1.82, 2.24) is 10.3 Å². The molecule has 128 valence electrons. The maximum atomic E-state index is 11.8. The molecule has 0 fully saturated rings. The number of amides is 1. The highest BCUT2D eigenvalue weighted by Gasteiger charge is 2.24. The van der Waals surface area contributed by atoms with Gasteiger partial charge < -0.3 is 20.5 Å². The monoisotopic (exact) mass is 323 g/mol. The molecule has 0 saturated carbocycles. The first-order valence-electron chi connectivity index (χ1n) is 7.49. The predicted octanol–water partition coefficient (Wildman–Crippen LogP) is 2.05. The van der Waals surface area contributed by atoms with Crippen LogP contribution in [0.25, 0.3) is 0 Å². The van der Waals surface area contributed by atoms with Gasteiger partial charge in [-0.3, -0.25) is 4.98 Å². The largest absolute Gasteiger partial charge is 0.467 e. The highest BCUT2D eigenvalue weighted by molar-refractivity contribution is 5.81. The van der Waals surface area contributed by atoms with E-state index in [1.165, 1.54) is 7.11 Å². The summed E-state index contributed by atoms with van der Waals surface area (Å²) >= 11 is 0. The van der Waals surface area contributed by atoms with Gasteiger partial charge in [0.25, 0.3) is 0 Å². The second-order valence-electron chi connectivity index (χ2n) is 6.15. The van der Waals surface area contributed by atoms with Gasteiger partial charge in [0.1, 0.15) is 11.6 Å². The third-order valence-electron chi connectivity index (χ3n) is 3.01. The Morgan fingerprint density at radius 2 is 2.09 bits per heavy atom. The van der Waals surface area contributed by atoms with Crippen LogP contribution >= 0.6 is 0 Å². The van der Waals surface area contributed by atoms with Gasteiger partial charge in [-0.15, -0.1) is 0 Å². The van der Waals surface area contributed by atoms with Crippen LogP contribution < -0.4 is 11.1 Å². The minimum absolute atomic E-state index is 0.405. The van der Waals surface area contributed by atoms with Crippen molar-refractivity contribution < 1.29 is 19.1 Å². The quantitative estimate of drug-likeness (QED) is 0.777. The number of aryl methyl sites for hydroxylation is 1. The Morgan fingerprint density at radius 3 is 2.65 bits per heavy atom. The van der Waals surface area contributed by atoms with E-state index < -0.39 is 23.7 Å². The molecule has 0 aliphatic rings. The Hall–Kier alpha value is -2.31. The minimum atomic E-state index is -0.764.